The summed E-state index contributed by atoms with van der Waals surface area (Å²) in [4.78, 5) is 58.7. The average molecular weight is 457 g/mol. The van der Waals surface area contributed by atoms with E-state index in [1.165, 1.54) is 27.6 Å². The SMILES string of the molecule is CC(c1nc2ccccc2s1)N(C)C(=O)CN1C(=O)C(=O)N(CCc2cccs2)C1=O. The van der Waals surface area contributed by atoms with Gasteiger partial charge in [0.25, 0.3) is 0 Å². The molecule has 0 spiro atoms. The van der Waals surface area contributed by atoms with Crippen LogP contribution in [0.1, 0.15) is 22.9 Å². The number of thiazole rings is 1. The zero-order valence-electron chi connectivity index (χ0n) is 17.0. The van der Waals surface area contributed by atoms with Crippen molar-refractivity contribution >= 4 is 56.6 Å². The highest BCUT2D eigenvalue weighted by Gasteiger charge is 2.45. The highest BCUT2D eigenvalue weighted by Crippen LogP contribution is 2.29. The van der Waals surface area contributed by atoms with Crippen LogP contribution in [0, 0.1) is 0 Å². The van der Waals surface area contributed by atoms with Gasteiger partial charge in [0.1, 0.15) is 11.6 Å². The minimum atomic E-state index is -0.967. The van der Waals surface area contributed by atoms with Gasteiger partial charge in [-0.3, -0.25) is 19.3 Å². The Hall–Kier alpha value is -3.11. The molecule has 1 unspecified atom stereocenters. The van der Waals surface area contributed by atoms with Crippen LogP contribution in [0.2, 0.25) is 0 Å². The van der Waals surface area contributed by atoms with Gasteiger partial charge in [-0.05, 0) is 30.5 Å². The number of para-hydroxylation sites is 1. The molecule has 1 aliphatic rings. The number of carbonyl (C=O) groups excluding carboxylic acids is 4. The van der Waals surface area contributed by atoms with Crippen LogP contribution in [-0.2, 0) is 20.8 Å². The first-order chi connectivity index (χ1) is 14.9. The molecule has 10 heteroatoms. The third-order valence-corrected chi connectivity index (χ3v) is 7.38. The summed E-state index contributed by atoms with van der Waals surface area (Å²) in [5.41, 5.74) is 0.854. The van der Waals surface area contributed by atoms with Gasteiger partial charge in [0, 0.05) is 24.9 Å². The molecular formula is C21H20N4O4S2. The Bertz CT molecular complexity index is 1120. The maximum absolute atomic E-state index is 12.8. The minimum absolute atomic E-state index is 0.104. The molecule has 0 radical (unpaired) electrons. The van der Waals surface area contributed by atoms with E-state index in [1.807, 2.05) is 48.7 Å². The van der Waals surface area contributed by atoms with Crippen molar-refractivity contribution in [2.45, 2.75) is 19.4 Å². The molecule has 5 amide bonds. The van der Waals surface area contributed by atoms with Crippen molar-refractivity contribution < 1.29 is 19.2 Å². The maximum Gasteiger partial charge on any atom is 0.334 e. The molecular weight excluding hydrogens is 436 g/mol. The van der Waals surface area contributed by atoms with Crippen LogP contribution in [0.3, 0.4) is 0 Å². The van der Waals surface area contributed by atoms with E-state index in [0.717, 1.165) is 29.9 Å². The normalized spacial score (nSPS) is 15.2. The van der Waals surface area contributed by atoms with Crippen LogP contribution < -0.4 is 0 Å². The second kappa shape index (κ2) is 8.56. The zero-order chi connectivity index (χ0) is 22.1. The lowest BCUT2D eigenvalue weighted by atomic mass is 10.3. The lowest BCUT2D eigenvalue weighted by molar-refractivity contribution is -0.145. The van der Waals surface area contributed by atoms with E-state index in [0.29, 0.717) is 6.42 Å². The lowest BCUT2D eigenvalue weighted by Gasteiger charge is -2.25. The number of hydrogen-bond acceptors (Lipinski definition) is 7. The summed E-state index contributed by atoms with van der Waals surface area (Å²) in [5.74, 6) is -2.30. The predicted molar refractivity (Wildman–Crippen MR) is 118 cm³/mol. The van der Waals surface area contributed by atoms with E-state index in [9.17, 15) is 19.2 Å². The number of urea groups is 1. The zero-order valence-corrected chi connectivity index (χ0v) is 18.6. The number of thiophene rings is 1. The Labute approximate surface area is 186 Å². The summed E-state index contributed by atoms with van der Waals surface area (Å²) in [6, 6.07) is 10.4. The molecule has 1 atom stereocenters. The first-order valence-corrected chi connectivity index (χ1v) is 11.4. The van der Waals surface area contributed by atoms with E-state index in [2.05, 4.69) is 4.98 Å². The van der Waals surface area contributed by atoms with Gasteiger partial charge in [0.15, 0.2) is 0 Å². The highest BCUT2D eigenvalue weighted by atomic mass is 32.1. The van der Waals surface area contributed by atoms with Gasteiger partial charge in [-0.25, -0.2) is 14.7 Å². The first-order valence-electron chi connectivity index (χ1n) is 9.67. The minimum Gasteiger partial charge on any atom is -0.335 e. The molecule has 0 bridgehead atoms. The van der Waals surface area contributed by atoms with Crippen LogP contribution >= 0.6 is 22.7 Å². The Balaban J connectivity index is 1.42. The summed E-state index contributed by atoms with van der Waals surface area (Å²) >= 11 is 3.00. The molecule has 1 aromatic carbocycles. The van der Waals surface area contributed by atoms with E-state index >= 15 is 0 Å². The van der Waals surface area contributed by atoms with Gasteiger partial charge < -0.3 is 4.90 Å². The predicted octanol–water partition coefficient (Wildman–Crippen LogP) is 2.91. The number of nitrogens with zero attached hydrogens (tertiary/aromatic N) is 4. The standard InChI is InChI=1S/C21H20N4O4S2/c1-13(18-22-15-7-3-4-8-16(15)31-18)23(2)17(26)12-25-20(28)19(27)24(21(25)29)10-9-14-6-5-11-30-14/h3-8,11,13H,9-10,12H2,1-2H3. The van der Waals surface area contributed by atoms with Crippen LogP contribution in [-0.4, -0.2) is 63.6 Å². The molecule has 31 heavy (non-hydrogen) atoms. The van der Waals surface area contributed by atoms with Gasteiger partial charge in [0.05, 0.1) is 16.3 Å². The third-order valence-electron chi connectivity index (χ3n) is 5.23. The van der Waals surface area contributed by atoms with E-state index in [1.54, 1.807) is 7.05 Å². The van der Waals surface area contributed by atoms with Crippen LogP contribution in [0.15, 0.2) is 41.8 Å². The van der Waals surface area contributed by atoms with E-state index in [4.69, 9.17) is 0 Å². The van der Waals surface area contributed by atoms with Gasteiger partial charge in [-0.15, -0.1) is 22.7 Å². The number of aromatic nitrogens is 1. The Morgan fingerprint density at radius 2 is 1.84 bits per heavy atom. The smallest absolute Gasteiger partial charge is 0.334 e. The number of amides is 5. The van der Waals surface area contributed by atoms with Crippen LogP contribution in [0.4, 0.5) is 4.79 Å². The number of benzene rings is 1. The summed E-state index contributed by atoms with van der Waals surface area (Å²) in [6.07, 6.45) is 0.471. The Kier molecular flexibility index (Phi) is 5.84. The van der Waals surface area contributed by atoms with Crippen molar-refractivity contribution in [1.82, 2.24) is 19.7 Å². The number of carbonyl (C=O) groups is 4. The molecule has 1 aliphatic heterocycles. The highest BCUT2D eigenvalue weighted by molar-refractivity contribution is 7.18. The number of rotatable bonds is 7. The van der Waals surface area contributed by atoms with Crippen LogP contribution in [0.25, 0.3) is 10.2 Å². The van der Waals surface area contributed by atoms with Crippen molar-refractivity contribution in [3.05, 3.63) is 51.7 Å². The van der Waals surface area contributed by atoms with Crippen molar-refractivity contribution in [3.63, 3.8) is 0 Å². The Morgan fingerprint density at radius 1 is 1.10 bits per heavy atom. The molecule has 1 saturated heterocycles. The topological polar surface area (TPSA) is 90.9 Å². The quantitative estimate of drug-likeness (QED) is 0.403. The molecule has 160 valence electrons. The van der Waals surface area contributed by atoms with Gasteiger partial charge in [-0.1, -0.05) is 18.2 Å². The van der Waals surface area contributed by atoms with E-state index < -0.39 is 30.3 Å². The fraction of sp³-hybridized carbons (Fsp3) is 0.286. The molecule has 3 heterocycles. The second-order valence-corrected chi connectivity index (χ2v) is 9.25. The average Bonchev–Trinajstić information content (AvgIpc) is 3.48. The molecule has 0 aliphatic carbocycles. The van der Waals surface area contributed by atoms with E-state index in [-0.39, 0.29) is 12.6 Å². The van der Waals surface area contributed by atoms with Crippen molar-refractivity contribution in [3.8, 4) is 0 Å². The molecule has 3 aromatic rings. The summed E-state index contributed by atoms with van der Waals surface area (Å²) in [5, 5.41) is 2.66. The monoisotopic (exact) mass is 456 g/mol. The molecule has 2 aromatic heterocycles. The van der Waals surface area contributed by atoms with Gasteiger partial charge >= 0.3 is 17.8 Å². The number of fused-ring (bicyclic) bond motifs is 1. The summed E-state index contributed by atoms with van der Waals surface area (Å²) in [7, 11) is 1.60. The fourth-order valence-corrected chi connectivity index (χ4v) is 5.02. The summed E-state index contributed by atoms with van der Waals surface area (Å²) < 4.78 is 1.02. The third kappa shape index (κ3) is 4.08. The molecule has 0 saturated carbocycles. The van der Waals surface area contributed by atoms with Gasteiger partial charge in [-0.2, -0.15) is 0 Å². The number of likely N-dealkylation sites (N-methyl/N-ethyl adjacent to an activating group) is 1. The van der Waals surface area contributed by atoms with Crippen molar-refractivity contribution in [1.29, 1.82) is 0 Å². The second-order valence-electron chi connectivity index (χ2n) is 7.16. The number of imide groups is 2. The van der Waals surface area contributed by atoms with Crippen molar-refractivity contribution in [2.75, 3.05) is 20.1 Å². The van der Waals surface area contributed by atoms with Crippen molar-refractivity contribution in [2.24, 2.45) is 0 Å². The molecule has 0 N–H and O–H groups in total. The van der Waals surface area contributed by atoms with Crippen LogP contribution in [0.5, 0.6) is 0 Å². The molecule has 8 nitrogen and oxygen atoms in total. The fourth-order valence-electron chi connectivity index (χ4n) is 3.26. The molecule has 1 fully saturated rings. The van der Waals surface area contributed by atoms with Gasteiger partial charge in [0.2, 0.25) is 5.91 Å². The lowest BCUT2D eigenvalue weighted by Crippen LogP contribution is -2.43. The summed E-state index contributed by atoms with van der Waals surface area (Å²) in [6.45, 7) is 1.46. The Morgan fingerprint density at radius 3 is 2.55 bits per heavy atom. The number of hydrogen-bond donors (Lipinski definition) is 0. The molecule has 4 rings (SSSR count). The largest absolute Gasteiger partial charge is 0.335 e. The maximum atomic E-state index is 12.8. The first kappa shape index (κ1) is 21.1.